The predicted molar refractivity (Wildman–Crippen MR) is 77.8 cm³/mol. The minimum atomic E-state index is 0.209. The van der Waals surface area contributed by atoms with Crippen molar-refractivity contribution in [1.82, 2.24) is 9.88 Å². The molecular weight excluding hydrogens is 246 g/mol. The molecule has 0 radical (unpaired) electrons. The highest BCUT2D eigenvalue weighted by Gasteiger charge is 2.15. The number of anilines is 1. The maximum absolute atomic E-state index is 12.1. The molecule has 0 aromatic carbocycles. The van der Waals surface area contributed by atoms with Gasteiger partial charge in [0.1, 0.15) is 0 Å². The molecule has 1 N–H and O–H groups in total. The number of nitrogens with one attached hydrogen (secondary N) is 1. The summed E-state index contributed by atoms with van der Waals surface area (Å²) in [6.07, 6.45) is 0.580. The first kappa shape index (κ1) is 15.1. The Bertz CT molecular complexity index is 386. The standard InChI is InChI=1S/C13H23N3OS/c1-5-14-13-15-10(4)12(18-13)11(17)8-9-16(6-2)7-3/h5-9H2,1-4H3,(H,14,15). The number of aryl methyl sites for hydroxylation is 1. The summed E-state index contributed by atoms with van der Waals surface area (Å²) in [5.74, 6) is 0.209. The molecule has 1 aromatic rings. The summed E-state index contributed by atoms with van der Waals surface area (Å²) in [7, 11) is 0. The van der Waals surface area contributed by atoms with Crippen molar-refractivity contribution >= 4 is 22.3 Å². The average Bonchev–Trinajstić information content (AvgIpc) is 2.72. The number of nitrogens with zero attached hydrogens (tertiary/aromatic N) is 2. The Labute approximate surface area is 113 Å². The van der Waals surface area contributed by atoms with Crippen LogP contribution in [0.15, 0.2) is 0 Å². The fourth-order valence-electron chi connectivity index (χ4n) is 1.79. The second-order valence-corrected chi connectivity index (χ2v) is 5.16. The Hall–Kier alpha value is -0.940. The van der Waals surface area contributed by atoms with Crippen molar-refractivity contribution in [2.45, 2.75) is 34.1 Å². The molecule has 0 atom stereocenters. The van der Waals surface area contributed by atoms with Crippen LogP contribution in [0.2, 0.25) is 0 Å². The molecule has 0 fully saturated rings. The minimum absolute atomic E-state index is 0.209. The van der Waals surface area contributed by atoms with E-state index in [-0.39, 0.29) is 5.78 Å². The topological polar surface area (TPSA) is 45.2 Å². The Kier molecular flexibility index (Phi) is 6.29. The van der Waals surface area contributed by atoms with Crippen LogP contribution < -0.4 is 5.32 Å². The van der Waals surface area contributed by atoms with Crippen molar-refractivity contribution in [3.8, 4) is 0 Å². The summed E-state index contributed by atoms with van der Waals surface area (Å²) in [4.78, 5) is 19.6. The van der Waals surface area contributed by atoms with E-state index in [4.69, 9.17) is 0 Å². The molecule has 0 saturated heterocycles. The Balaban J connectivity index is 2.60. The number of hydrogen-bond donors (Lipinski definition) is 1. The molecule has 18 heavy (non-hydrogen) atoms. The molecule has 0 saturated carbocycles. The highest BCUT2D eigenvalue weighted by molar-refractivity contribution is 7.17. The molecule has 0 spiro atoms. The lowest BCUT2D eigenvalue weighted by atomic mass is 10.2. The van der Waals surface area contributed by atoms with Gasteiger partial charge >= 0.3 is 0 Å². The van der Waals surface area contributed by atoms with Crippen LogP contribution in [-0.2, 0) is 0 Å². The number of ketones is 1. The van der Waals surface area contributed by atoms with Gasteiger partial charge in [-0.3, -0.25) is 4.79 Å². The molecule has 5 heteroatoms. The van der Waals surface area contributed by atoms with E-state index < -0.39 is 0 Å². The predicted octanol–water partition coefficient (Wildman–Crippen LogP) is 2.80. The van der Waals surface area contributed by atoms with Crippen molar-refractivity contribution in [2.75, 3.05) is 31.5 Å². The molecule has 102 valence electrons. The fraction of sp³-hybridized carbons (Fsp3) is 0.692. The molecule has 1 aromatic heterocycles. The number of carbonyl (C=O) groups is 1. The SMILES string of the molecule is CCNc1nc(C)c(C(=O)CCN(CC)CC)s1. The van der Waals surface area contributed by atoms with Gasteiger partial charge in [0.05, 0.1) is 10.6 Å². The minimum Gasteiger partial charge on any atom is -0.362 e. The Morgan fingerprint density at radius 1 is 1.33 bits per heavy atom. The molecule has 1 rings (SSSR count). The van der Waals surface area contributed by atoms with Crippen molar-refractivity contribution in [3.05, 3.63) is 10.6 Å². The number of aromatic nitrogens is 1. The van der Waals surface area contributed by atoms with Crippen LogP contribution in [0.4, 0.5) is 5.13 Å². The largest absolute Gasteiger partial charge is 0.362 e. The van der Waals surface area contributed by atoms with E-state index >= 15 is 0 Å². The van der Waals surface area contributed by atoms with Gasteiger partial charge in [0.2, 0.25) is 0 Å². The van der Waals surface area contributed by atoms with Crippen molar-refractivity contribution in [2.24, 2.45) is 0 Å². The van der Waals surface area contributed by atoms with E-state index in [0.29, 0.717) is 6.42 Å². The average molecular weight is 269 g/mol. The zero-order chi connectivity index (χ0) is 13.5. The van der Waals surface area contributed by atoms with Gasteiger partial charge in [-0.15, -0.1) is 0 Å². The lowest BCUT2D eigenvalue weighted by Gasteiger charge is -2.16. The lowest BCUT2D eigenvalue weighted by molar-refractivity contribution is 0.0969. The van der Waals surface area contributed by atoms with Crippen LogP contribution in [-0.4, -0.2) is 41.8 Å². The van der Waals surface area contributed by atoms with Gasteiger partial charge in [-0.05, 0) is 26.9 Å². The van der Waals surface area contributed by atoms with E-state index in [0.717, 1.165) is 41.9 Å². The van der Waals surface area contributed by atoms with Crippen LogP contribution in [0.5, 0.6) is 0 Å². The fourth-order valence-corrected chi connectivity index (χ4v) is 2.80. The quantitative estimate of drug-likeness (QED) is 0.737. The summed E-state index contributed by atoms with van der Waals surface area (Å²) < 4.78 is 0. The summed E-state index contributed by atoms with van der Waals surface area (Å²) in [6, 6.07) is 0. The first-order valence-electron chi connectivity index (χ1n) is 6.59. The van der Waals surface area contributed by atoms with Gasteiger partial charge in [0.15, 0.2) is 10.9 Å². The van der Waals surface area contributed by atoms with Crippen LogP contribution in [0.3, 0.4) is 0 Å². The molecule has 0 amide bonds. The maximum Gasteiger partial charge on any atom is 0.183 e. The maximum atomic E-state index is 12.1. The zero-order valence-corrected chi connectivity index (χ0v) is 12.6. The number of Topliss-reactive ketones (excluding diaryl/α,β-unsaturated/α-hetero) is 1. The molecule has 0 unspecified atom stereocenters. The van der Waals surface area contributed by atoms with Gasteiger partial charge in [-0.2, -0.15) is 0 Å². The first-order chi connectivity index (χ1) is 8.62. The van der Waals surface area contributed by atoms with Crippen LogP contribution >= 0.6 is 11.3 Å². The van der Waals surface area contributed by atoms with Crippen molar-refractivity contribution in [1.29, 1.82) is 0 Å². The number of carbonyl (C=O) groups excluding carboxylic acids is 1. The van der Waals surface area contributed by atoms with E-state index in [9.17, 15) is 4.79 Å². The van der Waals surface area contributed by atoms with Crippen LogP contribution in [0.25, 0.3) is 0 Å². The third-order valence-corrected chi connectivity index (χ3v) is 4.08. The lowest BCUT2D eigenvalue weighted by Crippen LogP contribution is -2.25. The number of rotatable bonds is 8. The summed E-state index contributed by atoms with van der Waals surface area (Å²) in [5, 5.41) is 4.00. The molecule has 1 heterocycles. The normalized spacial score (nSPS) is 10.9. The second-order valence-electron chi connectivity index (χ2n) is 4.16. The number of thiazole rings is 1. The van der Waals surface area contributed by atoms with E-state index in [1.54, 1.807) is 0 Å². The monoisotopic (exact) mass is 269 g/mol. The Morgan fingerprint density at radius 2 is 2.00 bits per heavy atom. The molecule has 0 aliphatic carbocycles. The number of hydrogen-bond acceptors (Lipinski definition) is 5. The van der Waals surface area contributed by atoms with Crippen LogP contribution in [0, 0.1) is 6.92 Å². The van der Waals surface area contributed by atoms with Crippen molar-refractivity contribution < 1.29 is 4.79 Å². The van der Waals surface area contributed by atoms with E-state index in [2.05, 4.69) is 29.0 Å². The summed E-state index contributed by atoms with van der Waals surface area (Å²) in [6.45, 7) is 11.8. The van der Waals surface area contributed by atoms with Gasteiger partial charge in [0, 0.05) is 19.5 Å². The van der Waals surface area contributed by atoms with Crippen molar-refractivity contribution in [3.63, 3.8) is 0 Å². The molecule has 0 bridgehead atoms. The smallest absolute Gasteiger partial charge is 0.183 e. The third kappa shape index (κ3) is 4.07. The van der Waals surface area contributed by atoms with Gasteiger partial charge in [0.25, 0.3) is 0 Å². The van der Waals surface area contributed by atoms with Gasteiger partial charge in [-0.25, -0.2) is 4.98 Å². The second kappa shape index (κ2) is 7.48. The van der Waals surface area contributed by atoms with Crippen LogP contribution in [0.1, 0.15) is 42.6 Å². The Morgan fingerprint density at radius 3 is 2.56 bits per heavy atom. The summed E-state index contributed by atoms with van der Waals surface area (Å²) >= 11 is 1.47. The molecule has 4 nitrogen and oxygen atoms in total. The summed E-state index contributed by atoms with van der Waals surface area (Å²) in [5.41, 5.74) is 0.848. The van der Waals surface area contributed by atoms with Gasteiger partial charge in [-0.1, -0.05) is 25.2 Å². The zero-order valence-electron chi connectivity index (χ0n) is 11.7. The highest BCUT2D eigenvalue weighted by atomic mass is 32.1. The first-order valence-corrected chi connectivity index (χ1v) is 7.40. The van der Waals surface area contributed by atoms with Gasteiger partial charge < -0.3 is 10.2 Å². The third-order valence-electron chi connectivity index (χ3n) is 2.93. The molecule has 0 aliphatic rings. The molecule has 0 aliphatic heterocycles. The van der Waals surface area contributed by atoms with E-state index in [1.807, 2.05) is 13.8 Å². The molecular formula is C13H23N3OS. The highest BCUT2D eigenvalue weighted by Crippen LogP contribution is 2.23. The van der Waals surface area contributed by atoms with E-state index in [1.165, 1.54) is 11.3 Å².